The third-order valence-electron chi connectivity index (χ3n) is 5.59. The quantitative estimate of drug-likeness (QED) is 0.565. The first-order valence-corrected chi connectivity index (χ1v) is 6.94. The number of rotatable bonds is 2. The average Bonchev–Trinajstić information content (AvgIpc) is 3.08. The number of hydrogen-bond acceptors (Lipinski definition) is 3. The van der Waals surface area contributed by atoms with Gasteiger partial charge in [-0.1, -0.05) is 12.2 Å². The first-order valence-electron chi connectivity index (χ1n) is 6.94. The number of carbonyl (C=O) groups excluding carboxylic acids is 1. The number of fused-ring (bicyclic) bond motifs is 3. The molecule has 2 aliphatic carbocycles. The average molecular weight is 232 g/mol. The molecule has 0 aromatic heterocycles. The van der Waals surface area contributed by atoms with Crippen LogP contribution in [0.1, 0.15) is 19.3 Å². The third-order valence-corrected chi connectivity index (χ3v) is 5.59. The van der Waals surface area contributed by atoms with Gasteiger partial charge in [0.05, 0.1) is 6.04 Å². The van der Waals surface area contributed by atoms with E-state index in [4.69, 9.17) is 0 Å². The standard InChI is InChI=1S/C14H20N2O/c17-9-13-12-8-16(7-11(12)6-15-13)14-3-1-10(5-14)2-4-14/h1,3,9-13,15H,2,4-8H2. The highest BCUT2D eigenvalue weighted by molar-refractivity contribution is 5.59. The van der Waals surface area contributed by atoms with Crippen LogP contribution in [0.2, 0.25) is 0 Å². The first kappa shape index (κ1) is 10.3. The van der Waals surface area contributed by atoms with Gasteiger partial charge < -0.3 is 10.1 Å². The van der Waals surface area contributed by atoms with Crippen LogP contribution in [0.3, 0.4) is 0 Å². The molecule has 2 heterocycles. The Morgan fingerprint density at radius 3 is 3.00 bits per heavy atom. The predicted molar refractivity (Wildman–Crippen MR) is 65.6 cm³/mol. The fraction of sp³-hybridized carbons (Fsp3) is 0.786. The molecule has 0 aromatic rings. The summed E-state index contributed by atoms with van der Waals surface area (Å²) in [7, 11) is 0. The molecule has 4 rings (SSSR count). The smallest absolute Gasteiger partial charge is 0.137 e. The molecule has 1 N–H and O–H groups in total. The summed E-state index contributed by atoms with van der Waals surface area (Å²) >= 11 is 0. The maximum Gasteiger partial charge on any atom is 0.137 e. The summed E-state index contributed by atoms with van der Waals surface area (Å²) < 4.78 is 0. The van der Waals surface area contributed by atoms with Crippen molar-refractivity contribution in [1.29, 1.82) is 0 Å². The number of carbonyl (C=O) groups is 1. The van der Waals surface area contributed by atoms with Gasteiger partial charge in [-0.2, -0.15) is 0 Å². The van der Waals surface area contributed by atoms with E-state index in [1.54, 1.807) is 0 Å². The van der Waals surface area contributed by atoms with Crippen molar-refractivity contribution < 1.29 is 4.79 Å². The van der Waals surface area contributed by atoms with Gasteiger partial charge in [-0.3, -0.25) is 4.90 Å². The minimum atomic E-state index is 0.115. The highest BCUT2D eigenvalue weighted by Crippen LogP contribution is 2.49. The summed E-state index contributed by atoms with van der Waals surface area (Å²) in [5.41, 5.74) is 0.377. The Morgan fingerprint density at radius 2 is 2.35 bits per heavy atom. The molecule has 0 spiro atoms. The fourth-order valence-electron chi connectivity index (χ4n) is 4.59. The molecule has 2 aliphatic heterocycles. The second kappa shape index (κ2) is 3.42. The van der Waals surface area contributed by atoms with Crippen molar-refractivity contribution in [2.75, 3.05) is 19.6 Å². The van der Waals surface area contributed by atoms with Crippen LogP contribution in [0.15, 0.2) is 12.2 Å². The number of aldehydes is 1. The molecule has 1 saturated carbocycles. The Labute approximate surface area is 102 Å². The van der Waals surface area contributed by atoms with Gasteiger partial charge in [-0.15, -0.1) is 0 Å². The summed E-state index contributed by atoms with van der Waals surface area (Å²) in [4.78, 5) is 13.7. The lowest BCUT2D eigenvalue weighted by Gasteiger charge is -2.36. The van der Waals surface area contributed by atoms with E-state index < -0.39 is 0 Å². The van der Waals surface area contributed by atoms with Crippen LogP contribution in [-0.4, -0.2) is 42.4 Å². The van der Waals surface area contributed by atoms with E-state index in [0.29, 0.717) is 17.4 Å². The molecule has 2 saturated heterocycles. The lowest BCUT2D eigenvalue weighted by molar-refractivity contribution is -0.110. The van der Waals surface area contributed by atoms with Crippen LogP contribution in [-0.2, 0) is 4.79 Å². The Kier molecular flexibility index (Phi) is 2.07. The van der Waals surface area contributed by atoms with E-state index in [9.17, 15) is 4.79 Å². The van der Waals surface area contributed by atoms with Crippen LogP contribution >= 0.6 is 0 Å². The van der Waals surface area contributed by atoms with Gasteiger partial charge in [-0.25, -0.2) is 0 Å². The maximum absolute atomic E-state index is 11.0. The first-order chi connectivity index (χ1) is 8.31. The van der Waals surface area contributed by atoms with Crippen molar-refractivity contribution in [2.24, 2.45) is 17.8 Å². The van der Waals surface area contributed by atoms with E-state index in [0.717, 1.165) is 25.3 Å². The molecule has 0 aromatic carbocycles. The van der Waals surface area contributed by atoms with Crippen LogP contribution < -0.4 is 5.32 Å². The number of allylic oxidation sites excluding steroid dienone is 1. The summed E-state index contributed by atoms with van der Waals surface area (Å²) in [6.07, 6.45) is 10.1. The topological polar surface area (TPSA) is 32.3 Å². The molecule has 5 atom stereocenters. The van der Waals surface area contributed by atoms with Crippen molar-refractivity contribution in [1.82, 2.24) is 10.2 Å². The third kappa shape index (κ3) is 1.33. The molecule has 3 heteroatoms. The van der Waals surface area contributed by atoms with E-state index in [1.165, 1.54) is 25.8 Å². The Bertz CT molecular complexity index is 380. The Balaban J connectivity index is 1.55. The highest BCUT2D eigenvalue weighted by Gasteiger charge is 2.51. The molecular formula is C14H20N2O. The normalized spacial score (nSPS) is 52.2. The van der Waals surface area contributed by atoms with Crippen LogP contribution in [0.5, 0.6) is 0 Å². The Hall–Kier alpha value is -0.670. The summed E-state index contributed by atoms with van der Waals surface area (Å²) in [5.74, 6) is 2.11. The molecule has 2 bridgehead atoms. The fourth-order valence-corrected chi connectivity index (χ4v) is 4.59. The monoisotopic (exact) mass is 232 g/mol. The molecule has 17 heavy (non-hydrogen) atoms. The van der Waals surface area contributed by atoms with Crippen molar-refractivity contribution in [3.05, 3.63) is 12.2 Å². The second-order valence-corrected chi connectivity index (χ2v) is 6.36. The SMILES string of the molecule is O=CC1NCC2CN(C34C=CC(CC3)C4)CC21. The van der Waals surface area contributed by atoms with Gasteiger partial charge in [-0.05, 0) is 37.0 Å². The zero-order chi connectivity index (χ0) is 11.5. The van der Waals surface area contributed by atoms with Gasteiger partial charge in [0.15, 0.2) is 0 Å². The molecule has 92 valence electrons. The van der Waals surface area contributed by atoms with E-state index >= 15 is 0 Å². The minimum Gasteiger partial charge on any atom is -0.307 e. The predicted octanol–water partition coefficient (Wildman–Crippen LogP) is 0.814. The van der Waals surface area contributed by atoms with Crippen molar-refractivity contribution in [3.8, 4) is 0 Å². The largest absolute Gasteiger partial charge is 0.307 e. The number of nitrogens with zero attached hydrogens (tertiary/aromatic N) is 1. The molecular weight excluding hydrogens is 212 g/mol. The Morgan fingerprint density at radius 1 is 1.41 bits per heavy atom. The molecule has 3 nitrogen and oxygen atoms in total. The minimum absolute atomic E-state index is 0.115. The van der Waals surface area contributed by atoms with E-state index in [2.05, 4.69) is 22.4 Å². The van der Waals surface area contributed by atoms with E-state index in [1.807, 2.05) is 0 Å². The maximum atomic E-state index is 11.0. The van der Waals surface area contributed by atoms with Gasteiger partial charge in [0.2, 0.25) is 0 Å². The van der Waals surface area contributed by atoms with Crippen LogP contribution in [0.25, 0.3) is 0 Å². The zero-order valence-electron chi connectivity index (χ0n) is 10.1. The van der Waals surface area contributed by atoms with Crippen LogP contribution in [0, 0.1) is 17.8 Å². The van der Waals surface area contributed by atoms with Gasteiger partial charge in [0.1, 0.15) is 6.29 Å². The molecule has 3 fully saturated rings. The lowest BCUT2D eigenvalue weighted by atomic mass is 9.95. The van der Waals surface area contributed by atoms with Gasteiger partial charge >= 0.3 is 0 Å². The highest BCUT2D eigenvalue weighted by atomic mass is 16.1. The van der Waals surface area contributed by atoms with Crippen molar-refractivity contribution in [2.45, 2.75) is 30.8 Å². The zero-order valence-corrected chi connectivity index (χ0v) is 10.1. The summed E-state index contributed by atoms with van der Waals surface area (Å²) in [5, 5.41) is 3.35. The molecule has 0 radical (unpaired) electrons. The second-order valence-electron chi connectivity index (χ2n) is 6.36. The van der Waals surface area contributed by atoms with Gasteiger partial charge in [0, 0.05) is 25.2 Å². The van der Waals surface area contributed by atoms with Crippen molar-refractivity contribution >= 4 is 6.29 Å². The number of hydrogen-bond donors (Lipinski definition) is 1. The number of nitrogens with one attached hydrogen (secondary N) is 1. The molecule has 5 unspecified atom stereocenters. The molecule has 4 aliphatic rings. The number of likely N-dealkylation sites (tertiary alicyclic amines) is 1. The molecule has 0 amide bonds. The summed E-state index contributed by atoms with van der Waals surface area (Å²) in [6.45, 7) is 3.35. The summed E-state index contributed by atoms with van der Waals surface area (Å²) in [6, 6.07) is 0.115. The van der Waals surface area contributed by atoms with Crippen LogP contribution in [0.4, 0.5) is 0 Å². The van der Waals surface area contributed by atoms with E-state index in [-0.39, 0.29) is 6.04 Å². The lowest BCUT2D eigenvalue weighted by Crippen LogP contribution is -2.45. The van der Waals surface area contributed by atoms with Gasteiger partial charge in [0.25, 0.3) is 0 Å². The van der Waals surface area contributed by atoms with Crippen molar-refractivity contribution in [3.63, 3.8) is 0 Å².